The number of aliphatic hydroxyl groups excluding tert-OH is 2. The molecular formula is C16H32O6. The zero-order valence-electron chi connectivity index (χ0n) is 13.8. The van der Waals surface area contributed by atoms with E-state index in [0.717, 1.165) is 19.3 Å². The van der Waals surface area contributed by atoms with E-state index in [1.165, 1.54) is 19.3 Å². The quantitative estimate of drug-likeness (QED) is 0.411. The molecule has 0 fully saturated rings. The van der Waals surface area contributed by atoms with E-state index < -0.39 is 24.1 Å². The van der Waals surface area contributed by atoms with Crippen LogP contribution < -0.4 is 0 Å². The summed E-state index contributed by atoms with van der Waals surface area (Å²) in [6, 6.07) is 0. The van der Waals surface area contributed by atoms with E-state index in [-0.39, 0.29) is 12.8 Å². The number of rotatable bonds is 12. The van der Waals surface area contributed by atoms with Gasteiger partial charge in [0.05, 0.1) is 25.0 Å². The molecule has 6 nitrogen and oxygen atoms in total. The normalized spacial score (nSPS) is 12.9. The highest BCUT2D eigenvalue weighted by molar-refractivity contribution is 5.67. The van der Waals surface area contributed by atoms with E-state index in [9.17, 15) is 14.7 Å². The highest BCUT2D eigenvalue weighted by atomic mass is 16.4. The smallest absolute Gasteiger partial charge is 0.305 e. The molecule has 0 saturated carbocycles. The van der Waals surface area contributed by atoms with Crippen LogP contribution in [0.3, 0.4) is 0 Å². The van der Waals surface area contributed by atoms with Crippen molar-refractivity contribution in [1.29, 1.82) is 0 Å². The number of hydrogen-bond donors (Lipinski definition) is 4. The van der Waals surface area contributed by atoms with Gasteiger partial charge >= 0.3 is 11.9 Å². The van der Waals surface area contributed by atoms with Crippen LogP contribution in [-0.2, 0) is 9.59 Å². The van der Waals surface area contributed by atoms with Gasteiger partial charge in [-0.1, -0.05) is 52.4 Å². The Morgan fingerprint density at radius 2 is 1.18 bits per heavy atom. The van der Waals surface area contributed by atoms with Crippen LogP contribution in [0.5, 0.6) is 0 Å². The first kappa shape index (κ1) is 23.1. The zero-order valence-corrected chi connectivity index (χ0v) is 13.8. The van der Waals surface area contributed by atoms with Gasteiger partial charge in [0.25, 0.3) is 0 Å². The first-order valence-corrected chi connectivity index (χ1v) is 8.13. The molecule has 2 unspecified atom stereocenters. The van der Waals surface area contributed by atoms with Gasteiger partial charge in [0.15, 0.2) is 0 Å². The van der Waals surface area contributed by atoms with E-state index in [0.29, 0.717) is 12.8 Å². The molecule has 0 amide bonds. The Hall–Kier alpha value is -1.14. The van der Waals surface area contributed by atoms with E-state index >= 15 is 0 Å². The topological polar surface area (TPSA) is 115 Å². The molecule has 0 radical (unpaired) electrons. The van der Waals surface area contributed by atoms with Crippen LogP contribution in [0.15, 0.2) is 0 Å². The second kappa shape index (κ2) is 16.2. The van der Waals surface area contributed by atoms with Crippen LogP contribution in [0.25, 0.3) is 0 Å². The number of unbranched alkanes of at least 4 members (excludes halogenated alkanes) is 4. The standard InChI is InChI=1S/C10H20O3.C6H12O3/c1-2-3-4-5-6-7-9(11)8-10(12)13;1-2-3-5(7)4-6(8)9/h9,11H,2-8H2,1H3,(H,12,13);5,7H,2-4H2,1H3,(H,8,9). The van der Waals surface area contributed by atoms with Crippen LogP contribution in [-0.4, -0.2) is 44.6 Å². The van der Waals surface area contributed by atoms with Gasteiger partial charge in [-0.3, -0.25) is 9.59 Å². The van der Waals surface area contributed by atoms with Crippen LogP contribution in [0.4, 0.5) is 0 Å². The van der Waals surface area contributed by atoms with Gasteiger partial charge in [-0.05, 0) is 12.8 Å². The Labute approximate surface area is 133 Å². The number of hydrogen-bond acceptors (Lipinski definition) is 4. The lowest BCUT2D eigenvalue weighted by Crippen LogP contribution is -2.12. The van der Waals surface area contributed by atoms with Crippen molar-refractivity contribution in [2.75, 3.05) is 0 Å². The van der Waals surface area contributed by atoms with Crippen molar-refractivity contribution >= 4 is 11.9 Å². The van der Waals surface area contributed by atoms with E-state index in [1.54, 1.807) is 0 Å². The van der Waals surface area contributed by atoms with Crippen molar-refractivity contribution < 1.29 is 30.0 Å². The molecule has 0 aliphatic rings. The summed E-state index contributed by atoms with van der Waals surface area (Å²) >= 11 is 0. The summed E-state index contributed by atoms with van der Waals surface area (Å²) in [5, 5.41) is 34.5. The fourth-order valence-corrected chi connectivity index (χ4v) is 1.92. The van der Waals surface area contributed by atoms with Crippen molar-refractivity contribution in [2.24, 2.45) is 0 Å². The van der Waals surface area contributed by atoms with E-state index in [1.807, 2.05) is 6.92 Å². The number of carboxylic acid groups (broad SMARTS) is 2. The maximum Gasteiger partial charge on any atom is 0.305 e. The molecule has 0 rings (SSSR count). The third kappa shape index (κ3) is 21.2. The van der Waals surface area contributed by atoms with Crippen LogP contribution >= 0.6 is 0 Å². The largest absolute Gasteiger partial charge is 0.481 e. The maximum atomic E-state index is 10.2. The van der Waals surface area contributed by atoms with Gasteiger partial charge < -0.3 is 20.4 Å². The average molecular weight is 320 g/mol. The minimum Gasteiger partial charge on any atom is -0.481 e. The molecule has 0 aromatic carbocycles. The minimum absolute atomic E-state index is 0.117. The van der Waals surface area contributed by atoms with Crippen molar-refractivity contribution in [3.63, 3.8) is 0 Å². The Morgan fingerprint density at radius 1 is 0.727 bits per heavy atom. The summed E-state index contributed by atoms with van der Waals surface area (Å²) in [5.41, 5.74) is 0. The molecule has 2 atom stereocenters. The SMILES string of the molecule is CCCC(O)CC(=O)O.CCCCCCCC(O)CC(=O)O. The first-order valence-electron chi connectivity index (χ1n) is 8.13. The third-order valence-electron chi connectivity index (χ3n) is 3.08. The summed E-state index contributed by atoms with van der Waals surface area (Å²) < 4.78 is 0. The molecule has 0 heterocycles. The van der Waals surface area contributed by atoms with Gasteiger partial charge in [0.2, 0.25) is 0 Å². The second-order valence-corrected chi connectivity index (χ2v) is 5.49. The molecule has 0 bridgehead atoms. The lowest BCUT2D eigenvalue weighted by Gasteiger charge is -2.06. The molecule has 132 valence electrons. The van der Waals surface area contributed by atoms with Crippen molar-refractivity contribution in [3.8, 4) is 0 Å². The zero-order chi connectivity index (χ0) is 17.4. The molecule has 22 heavy (non-hydrogen) atoms. The monoisotopic (exact) mass is 320 g/mol. The predicted molar refractivity (Wildman–Crippen MR) is 84.8 cm³/mol. The van der Waals surface area contributed by atoms with Crippen molar-refractivity contribution in [3.05, 3.63) is 0 Å². The number of aliphatic hydroxyl groups is 2. The molecule has 6 heteroatoms. The van der Waals surface area contributed by atoms with Crippen LogP contribution in [0.1, 0.15) is 78.1 Å². The Morgan fingerprint density at radius 3 is 1.59 bits per heavy atom. The minimum atomic E-state index is -0.934. The molecule has 0 spiro atoms. The van der Waals surface area contributed by atoms with Crippen LogP contribution in [0.2, 0.25) is 0 Å². The van der Waals surface area contributed by atoms with E-state index in [2.05, 4.69) is 6.92 Å². The fourth-order valence-electron chi connectivity index (χ4n) is 1.92. The Balaban J connectivity index is 0. The molecule has 0 aromatic heterocycles. The second-order valence-electron chi connectivity index (χ2n) is 5.49. The summed E-state index contributed by atoms with van der Waals surface area (Å²) in [4.78, 5) is 20.1. The molecule has 0 aliphatic heterocycles. The molecule has 0 aromatic rings. The summed E-state index contributed by atoms with van der Waals surface area (Å²) in [6.07, 6.45) is 6.13. The molecule has 0 aliphatic carbocycles. The van der Waals surface area contributed by atoms with Crippen molar-refractivity contribution in [2.45, 2.75) is 90.3 Å². The van der Waals surface area contributed by atoms with Crippen LogP contribution in [0, 0.1) is 0 Å². The average Bonchev–Trinajstić information content (AvgIpc) is 2.37. The summed E-state index contributed by atoms with van der Waals surface area (Å²) in [7, 11) is 0. The highest BCUT2D eigenvalue weighted by Gasteiger charge is 2.08. The lowest BCUT2D eigenvalue weighted by molar-refractivity contribution is -0.140. The number of aliphatic carboxylic acids is 2. The first-order chi connectivity index (χ1) is 10.3. The summed E-state index contributed by atoms with van der Waals surface area (Å²) in [5.74, 6) is -1.85. The Kier molecular flexibility index (Phi) is 17.1. The van der Waals surface area contributed by atoms with Gasteiger partial charge in [-0.25, -0.2) is 0 Å². The van der Waals surface area contributed by atoms with Crippen molar-refractivity contribution in [1.82, 2.24) is 0 Å². The number of carbonyl (C=O) groups is 2. The molecular weight excluding hydrogens is 288 g/mol. The third-order valence-corrected chi connectivity index (χ3v) is 3.08. The fraction of sp³-hybridized carbons (Fsp3) is 0.875. The molecule has 0 saturated heterocycles. The summed E-state index contributed by atoms with van der Waals surface area (Å²) in [6.45, 7) is 4.06. The van der Waals surface area contributed by atoms with Gasteiger partial charge in [0, 0.05) is 0 Å². The lowest BCUT2D eigenvalue weighted by atomic mass is 10.1. The number of carboxylic acids is 2. The maximum absolute atomic E-state index is 10.2. The van der Waals surface area contributed by atoms with E-state index in [4.69, 9.17) is 15.3 Å². The highest BCUT2D eigenvalue weighted by Crippen LogP contribution is 2.08. The van der Waals surface area contributed by atoms with Gasteiger partial charge in [-0.15, -0.1) is 0 Å². The predicted octanol–water partition coefficient (Wildman–Crippen LogP) is 2.80. The van der Waals surface area contributed by atoms with Gasteiger partial charge in [0.1, 0.15) is 0 Å². The van der Waals surface area contributed by atoms with Gasteiger partial charge in [-0.2, -0.15) is 0 Å². The Bertz CT molecular complexity index is 280. The molecule has 4 N–H and O–H groups in total.